The van der Waals surface area contributed by atoms with E-state index in [0.29, 0.717) is 0 Å². The second-order valence-electron chi connectivity index (χ2n) is 17.7. The topological polar surface area (TPSA) is 17.4 Å². The number of hydrogen-bond acceptors (Lipinski definition) is 2. The molecule has 3 nitrogen and oxygen atoms in total. The van der Waals surface area contributed by atoms with Gasteiger partial charge in [0, 0.05) is 32.9 Å². The Hall–Kier alpha value is -8.92. The van der Waals surface area contributed by atoms with Crippen molar-refractivity contribution in [2.45, 2.75) is 0 Å². The van der Waals surface area contributed by atoms with Crippen LogP contribution in [0.3, 0.4) is 0 Å². The lowest BCUT2D eigenvalue weighted by Crippen LogP contribution is -2.16. The zero-order chi connectivity index (χ0) is 44.0. The average molecular weight is 853 g/mol. The van der Waals surface area contributed by atoms with Gasteiger partial charge in [0.1, 0.15) is 0 Å². The fourth-order valence-corrected chi connectivity index (χ4v) is 10.7. The van der Waals surface area contributed by atoms with E-state index < -0.39 is 0 Å². The third-order valence-electron chi connectivity index (χ3n) is 13.9. The van der Waals surface area contributed by atoms with Crippen molar-refractivity contribution in [3.8, 4) is 50.6 Å². The molecule has 1 aliphatic rings. The molecule has 0 fully saturated rings. The Kier molecular flexibility index (Phi) is 8.28. The van der Waals surface area contributed by atoms with Gasteiger partial charge >= 0.3 is 0 Å². The van der Waals surface area contributed by atoms with Crippen LogP contribution in [0.15, 0.2) is 243 Å². The maximum Gasteiger partial charge on any atom is 0.159 e. The smallest absolute Gasteiger partial charge is 0.159 e. The van der Waals surface area contributed by atoms with Crippen LogP contribution in [-0.4, -0.2) is 4.57 Å². The van der Waals surface area contributed by atoms with E-state index in [1.54, 1.807) is 0 Å². The van der Waals surface area contributed by atoms with Crippen molar-refractivity contribution < 1.29 is 4.74 Å². The third kappa shape index (κ3) is 5.99. The van der Waals surface area contributed by atoms with Gasteiger partial charge in [0.05, 0.1) is 22.4 Å². The highest BCUT2D eigenvalue weighted by atomic mass is 16.5. The fraction of sp³-hybridized carbons (Fsp3) is 0. The van der Waals surface area contributed by atoms with E-state index in [0.717, 1.165) is 56.1 Å². The summed E-state index contributed by atoms with van der Waals surface area (Å²) in [5.41, 5.74) is 13.7. The molecule has 0 saturated carbocycles. The second-order valence-corrected chi connectivity index (χ2v) is 17.7. The number of aromatic nitrogens is 1. The van der Waals surface area contributed by atoms with Crippen LogP contribution in [-0.2, 0) is 0 Å². The van der Waals surface area contributed by atoms with E-state index in [1.165, 1.54) is 76.4 Å². The van der Waals surface area contributed by atoms with Crippen LogP contribution >= 0.6 is 0 Å². The van der Waals surface area contributed by atoms with Crippen molar-refractivity contribution in [3.05, 3.63) is 243 Å². The summed E-state index contributed by atoms with van der Waals surface area (Å²) in [6.45, 7) is 0. The van der Waals surface area contributed by atoms with Gasteiger partial charge in [0.15, 0.2) is 11.5 Å². The minimum Gasteiger partial charge on any atom is -0.452 e. The van der Waals surface area contributed by atoms with Crippen molar-refractivity contribution in [3.63, 3.8) is 0 Å². The molecule has 1 aromatic heterocycles. The van der Waals surface area contributed by atoms with Crippen LogP contribution in [0.4, 0.5) is 17.1 Å². The lowest BCUT2D eigenvalue weighted by molar-refractivity contribution is 0.483. The lowest BCUT2D eigenvalue weighted by atomic mass is 9.97. The first kappa shape index (κ1) is 37.5. The summed E-state index contributed by atoms with van der Waals surface area (Å²) in [6, 6.07) is 88.2. The molecule has 312 valence electrons. The summed E-state index contributed by atoms with van der Waals surface area (Å²) in [6.07, 6.45) is 0. The van der Waals surface area contributed by atoms with Gasteiger partial charge in [-0.05, 0) is 126 Å². The minimum absolute atomic E-state index is 0.819. The molecule has 0 N–H and O–H groups in total. The van der Waals surface area contributed by atoms with Crippen LogP contribution in [0.2, 0.25) is 0 Å². The van der Waals surface area contributed by atoms with Gasteiger partial charge in [-0.2, -0.15) is 0 Å². The quantitative estimate of drug-likeness (QED) is 0.172. The van der Waals surface area contributed by atoms with Crippen LogP contribution in [0, 0.1) is 0 Å². The van der Waals surface area contributed by atoms with Crippen LogP contribution in [0.25, 0.3) is 104 Å². The first-order chi connectivity index (χ1) is 33.2. The SMILES string of the molecule is c1ccc(-c2ccc3cc(-n4c5ccc(-c6ccc7c(c6)Oc6c(ccc8ccccc68)N7c6ccc(-c7cccc8ccccc78)cc6)cc5c5ccc6ccccc6c54)ccc3c2)cc1. The highest BCUT2D eigenvalue weighted by Gasteiger charge is 2.28. The number of fused-ring (bicyclic) bond motifs is 11. The molecule has 0 spiro atoms. The van der Waals surface area contributed by atoms with Gasteiger partial charge in [-0.3, -0.25) is 0 Å². The minimum atomic E-state index is 0.819. The molecular weight excluding hydrogens is 813 g/mol. The molecule has 2 heterocycles. The molecule has 13 aromatic rings. The molecule has 0 atom stereocenters. The first-order valence-electron chi connectivity index (χ1n) is 23.0. The largest absolute Gasteiger partial charge is 0.452 e. The Morgan fingerprint density at radius 2 is 0.881 bits per heavy atom. The van der Waals surface area contributed by atoms with E-state index in [1.807, 2.05) is 0 Å². The monoisotopic (exact) mass is 852 g/mol. The maximum absolute atomic E-state index is 7.04. The predicted molar refractivity (Wildman–Crippen MR) is 282 cm³/mol. The van der Waals surface area contributed by atoms with Gasteiger partial charge in [-0.1, -0.05) is 182 Å². The highest BCUT2D eigenvalue weighted by molar-refractivity contribution is 6.19. The fourth-order valence-electron chi connectivity index (χ4n) is 10.7. The van der Waals surface area contributed by atoms with Crippen molar-refractivity contribution in [2.75, 3.05) is 4.90 Å². The molecule has 12 aromatic carbocycles. The summed E-state index contributed by atoms with van der Waals surface area (Å²) >= 11 is 0. The molecule has 0 unspecified atom stereocenters. The average Bonchev–Trinajstić information content (AvgIpc) is 3.74. The number of ether oxygens (including phenoxy) is 1. The normalized spacial score (nSPS) is 12.3. The van der Waals surface area contributed by atoms with Gasteiger partial charge in [-0.15, -0.1) is 0 Å². The molecule has 1 aliphatic heterocycles. The van der Waals surface area contributed by atoms with Crippen LogP contribution in [0.5, 0.6) is 11.5 Å². The molecule has 0 amide bonds. The zero-order valence-corrected chi connectivity index (χ0v) is 36.4. The number of nitrogens with zero attached hydrogens (tertiary/aromatic N) is 2. The summed E-state index contributed by atoms with van der Waals surface area (Å²) in [5, 5.41) is 12.0. The van der Waals surface area contributed by atoms with Crippen molar-refractivity contribution in [2.24, 2.45) is 0 Å². The third-order valence-corrected chi connectivity index (χ3v) is 13.9. The van der Waals surface area contributed by atoms with Crippen molar-refractivity contribution in [1.29, 1.82) is 0 Å². The van der Waals surface area contributed by atoms with E-state index in [9.17, 15) is 0 Å². The van der Waals surface area contributed by atoms with E-state index in [2.05, 4.69) is 252 Å². The lowest BCUT2D eigenvalue weighted by Gasteiger charge is -2.34. The molecule has 0 bridgehead atoms. The van der Waals surface area contributed by atoms with E-state index in [-0.39, 0.29) is 0 Å². The van der Waals surface area contributed by atoms with E-state index in [4.69, 9.17) is 4.74 Å². The summed E-state index contributed by atoms with van der Waals surface area (Å²) in [5.74, 6) is 1.68. The van der Waals surface area contributed by atoms with E-state index >= 15 is 0 Å². The maximum atomic E-state index is 7.04. The number of rotatable bonds is 5. The second kappa shape index (κ2) is 14.8. The van der Waals surface area contributed by atoms with Crippen molar-refractivity contribution >= 4 is 82.0 Å². The highest BCUT2D eigenvalue weighted by Crippen LogP contribution is 2.54. The van der Waals surface area contributed by atoms with Crippen LogP contribution in [0.1, 0.15) is 0 Å². The van der Waals surface area contributed by atoms with Gasteiger partial charge in [0.2, 0.25) is 0 Å². The zero-order valence-electron chi connectivity index (χ0n) is 36.4. The van der Waals surface area contributed by atoms with Crippen molar-refractivity contribution in [1.82, 2.24) is 4.57 Å². The Labute approximate surface area is 387 Å². The molecule has 0 saturated heterocycles. The van der Waals surface area contributed by atoms with Crippen LogP contribution < -0.4 is 9.64 Å². The summed E-state index contributed by atoms with van der Waals surface area (Å²) < 4.78 is 9.50. The summed E-state index contributed by atoms with van der Waals surface area (Å²) in [7, 11) is 0. The number of anilines is 3. The molecule has 3 heteroatoms. The Morgan fingerprint density at radius 3 is 1.73 bits per heavy atom. The number of benzene rings is 12. The van der Waals surface area contributed by atoms with Gasteiger partial charge in [-0.25, -0.2) is 0 Å². The van der Waals surface area contributed by atoms with Gasteiger partial charge < -0.3 is 14.2 Å². The molecule has 0 radical (unpaired) electrons. The molecule has 14 rings (SSSR count). The number of hydrogen-bond donors (Lipinski definition) is 0. The Balaban J connectivity index is 0.901. The molecular formula is C64H40N2O. The van der Waals surface area contributed by atoms with Gasteiger partial charge in [0.25, 0.3) is 0 Å². The molecule has 0 aliphatic carbocycles. The predicted octanol–water partition coefficient (Wildman–Crippen LogP) is 18.0. The summed E-state index contributed by atoms with van der Waals surface area (Å²) in [4.78, 5) is 2.35. The Morgan fingerprint density at radius 1 is 0.299 bits per heavy atom. The Bertz CT molecular complexity index is 4120. The first-order valence-corrected chi connectivity index (χ1v) is 23.0. The standard InChI is InChI=1S/C64H40N2O/c1-2-11-41(12-3-1)46-21-22-48-38-52(32-25-47(48)37-46)66-59-34-28-49(39-58(59)57-33-26-43-14-5-8-18-55(43)63(57)66)50-29-35-60-62(40-50)67-64-56-19-9-6-15-44(56)27-36-61(64)65(60)51-30-23-45(24-31-51)54-20-10-16-42-13-4-7-17-53(42)54/h1-40H. The molecule has 67 heavy (non-hydrogen) atoms.